The van der Waals surface area contributed by atoms with Crippen molar-refractivity contribution in [2.45, 2.75) is 31.8 Å². The molecule has 0 spiro atoms. The standard InChI is InChI=1S/C22H26ClN3O2/c1-15(16-6-8-18(23)9-7-16)24-10-11-25-19(13-22(27)28)12-17-14-26-21-5-3-2-4-20(17)21/h2-9,14-15,19,24-26H,10-13H2,1H3,(H,27,28)/t15?,19-/m1/s1. The van der Waals surface area contributed by atoms with E-state index in [-0.39, 0.29) is 18.5 Å². The number of aromatic nitrogens is 1. The summed E-state index contributed by atoms with van der Waals surface area (Å²) in [5.41, 5.74) is 3.38. The predicted molar refractivity (Wildman–Crippen MR) is 114 cm³/mol. The number of para-hydroxylation sites is 1. The van der Waals surface area contributed by atoms with E-state index in [2.05, 4.69) is 28.6 Å². The van der Waals surface area contributed by atoms with E-state index in [1.807, 2.05) is 48.7 Å². The third-order valence-electron chi connectivity index (χ3n) is 4.94. The average Bonchev–Trinajstić information content (AvgIpc) is 3.08. The Morgan fingerprint density at radius 3 is 2.57 bits per heavy atom. The smallest absolute Gasteiger partial charge is 0.304 e. The molecule has 3 rings (SSSR count). The van der Waals surface area contributed by atoms with Crippen LogP contribution in [0.25, 0.3) is 10.9 Å². The number of hydrogen-bond donors (Lipinski definition) is 4. The summed E-state index contributed by atoms with van der Waals surface area (Å²) in [5.74, 6) is -0.792. The molecule has 0 fully saturated rings. The van der Waals surface area contributed by atoms with E-state index in [9.17, 15) is 9.90 Å². The van der Waals surface area contributed by atoms with Crippen LogP contribution in [0, 0.1) is 0 Å². The van der Waals surface area contributed by atoms with Crippen molar-refractivity contribution in [1.82, 2.24) is 15.6 Å². The quantitative estimate of drug-likeness (QED) is 0.386. The van der Waals surface area contributed by atoms with Gasteiger partial charge in [-0.25, -0.2) is 0 Å². The van der Waals surface area contributed by atoms with Crippen LogP contribution < -0.4 is 10.6 Å². The lowest BCUT2D eigenvalue weighted by Crippen LogP contribution is -2.38. The lowest BCUT2D eigenvalue weighted by molar-refractivity contribution is -0.137. The summed E-state index contributed by atoms with van der Waals surface area (Å²) in [5, 5.41) is 18.0. The molecule has 0 saturated carbocycles. The molecule has 0 bridgehead atoms. The highest BCUT2D eigenvalue weighted by Crippen LogP contribution is 2.20. The highest BCUT2D eigenvalue weighted by atomic mass is 35.5. The number of hydrogen-bond acceptors (Lipinski definition) is 3. The van der Waals surface area contributed by atoms with Gasteiger partial charge in [0.2, 0.25) is 0 Å². The van der Waals surface area contributed by atoms with Crippen molar-refractivity contribution in [3.8, 4) is 0 Å². The number of nitrogens with one attached hydrogen (secondary N) is 3. The molecule has 6 heteroatoms. The van der Waals surface area contributed by atoms with Crippen molar-refractivity contribution in [2.24, 2.45) is 0 Å². The third-order valence-corrected chi connectivity index (χ3v) is 5.19. The van der Waals surface area contributed by atoms with Crippen LogP contribution in [0.1, 0.15) is 30.5 Å². The Labute approximate surface area is 170 Å². The Hall–Kier alpha value is -2.34. The van der Waals surface area contributed by atoms with E-state index in [0.717, 1.165) is 28.0 Å². The topological polar surface area (TPSA) is 77.2 Å². The van der Waals surface area contributed by atoms with Crippen molar-refractivity contribution in [3.63, 3.8) is 0 Å². The number of aromatic amines is 1. The molecule has 0 radical (unpaired) electrons. The number of carboxylic acids is 1. The monoisotopic (exact) mass is 399 g/mol. The Kier molecular flexibility index (Phi) is 7.09. The summed E-state index contributed by atoms with van der Waals surface area (Å²) in [6.45, 7) is 3.54. The number of H-pyrrole nitrogens is 1. The van der Waals surface area contributed by atoms with Gasteiger partial charge < -0.3 is 20.7 Å². The van der Waals surface area contributed by atoms with Crippen LogP contribution in [0.4, 0.5) is 0 Å². The summed E-state index contributed by atoms with van der Waals surface area (Å²) in [6.07, 6.45) is 2.73. The van der Waals surface area contributed by atoms with Crippen molar-refractivity contribution in [2.75, 3.05) is 13.1 Å². The molecule has 1 aromatic heterocycles. The van der Waals surface area contributed by atoms with E-state index in [4.69, 9.17) is 11.6 Å². The average molecular weight is 400 g/mol. The van der Waals surface area contributed by atoms with Gasteiger partial charge in [0.05, 0.1) is 6.42 Å². The lowest BCUT2D eigenvalue weighted by Gasteiger charge is -2.19. The van der Waals surface area contributed by atoms with Crippen LogP contribution in [-0.2, 0) is 11.2 Å². The first-order valence-corrected chi connectivity index (χ1v) is 9.89. The molecular formula is C22H26ClN3O2. The number of carboxylic acid groups (broad SMARTS) is 1. The van der Waals surface area contributed by atoms with Gasteiger partial charge in [-0.15, -0.1) is 0 Å². The van der Waals surface area contributed by atoms with E-state index >= 15 is 0 Å². The largest absolute Gasteiger partial charge is 0.481 e. The van der Waals surface area contributed by atoms with Crippen molar-refractivity contribution in [3.05, 3.63) is 70.9 Å². The maximum absolute atomic E-state index is 11.3. The highest BCUT2D eigenvalue weighted by molar-refractivity contribution is 6.30. The van der Waals surface area contributed by atoms with Gasteiger partial charge >= 0.3 is 5.97 Å². The van der Waals surface area contributed by atoms with Crippen LogP contribution in [0.15, 0.2) is 54.7 Å². The summed E-state index contributed by atoms with van der Waals surface area (Å²) in [6, 6.07) is 16.0. The van der Waals surface area contributed by atoms with Crippen LogP contribution in [0.3, 0.4) is 0 Å². The first-order chi connectivity index (χ1) is 13.5. The lowest BCUT2D eigenvalue weighted by atomic mass is 10.0. The molecular weight excluding hydrogens is 374 g/mol. The predicted octanol–water partition coefficient (Wildman–Crippen LogP) is 4.15. The summed E-state index contributed by atoms with van der Waals surface area (Å²) < 4.78 is 0. The fourth-order valence-electron chi connectivity index (χ4n) is 3.43. The second kappa shape index (κ2) is 9.73. The molecule has 5 nitrogen and oxygen atoms in total. The molecule has 0 amide bonds. The number of rotatable bonds is 10. The molecule has 4 N–H and O–H groups in total. The van der Waals surface area contributed by atoms with Gasteiger partial charge in [0.1, 0.15) is 0 Å². The van der Waals surface area contributed by atoms with Gasteiger partial charge in [0, 0.05) is 47.3 Å². The zero-order valence-electron chi connectivity index (χ0n) is 15.9. The number of carbonyl (C=O) groups is 1. The Bertz CT molecular complexity index is 908. The minimum atomic E-state index is -0.792. The summed E-state index contributed by atoms with van der Waals surface area (Å²) >= 11 is 5.93. The van der Waals surface area contributed by atoms with Crippen molar-refractivity contribution < 1.29 is 9.90 Å². The van der Waals surface area contributed by atoms with E-state index in [0.29, 0.717) is 13.0 Å². The zero-order valence-corrected chi connectivity index (χ0v) is 16.7. The maximum Gasteiger partial charge on any atom is 0.304 e. The van der Waals surface area contributed by atoms with Gasteiger partial charge in [0.15, 0.2) is 0 Å². The molecule has 148 valence electrons. The molecule has 1 heterocycles. The van der Waals surface area contributed by atoms with Gasteiger partial charge in [-0.3, -0.25) is 4.79 Å². The Morgan fingerprint density at radius 2 is 1.82 bits per heavy atom. The first-order valence-electron chi connectivity index (χ1n) is 9.52. The Morgan fingerprint density at radius 1 is 1.11 bits per heavy atom. The SMILES string of the molecule is CC(NCCN[C@@H](CC(=O)O)Cc1c[nH]c2ccccc12)c1ccc(Cl)cc1. The molecule has 1 unspecified atom stereocenters. The highest BCUT2D eigenvalue weighted by Gasteiger charge is 2.15. The number of aliphatic carboxylic acids is 1. The second-order valence-corrected chi connectivity index (χ2v) is 7.48. The molecule has 0 aliphatic heterocycles. The van der Waals surface area contributed by atoms with E-state index in [1.54, 1.807) is 0 Å². The summed E-state index contributed by atoms with van der Waals surface area (Å²) in [4.78, 5) is 14.5. The van der Waals surface area contributed by atoms with Crippen molar-refractivity contribution >= 4 is 28.5 Å². The van der Waals surface area contributed by atoms with Gasteiger partial charge in [-0.05, 0) is 42.7 Å². The fourth-order valence-corrected chi connectivity index (χ4v) is 3.55. The van der Waals surface area contributed by atoms with Gasteiger partial charge in [-0.2, -0.15) is 0 Å². The van der Waals surface area contributed by atoms with Crippen molar-refractivity contribution in [1.29, 1.82) is 0 Å². The third kappa shape index (κ3) is 5.58. The van der Waals surface area contributed by atoms with E-state index in [1.165, 1.54) is 5.56 Å². The minimum absolute atomic E-state index is 0.0895. The molecule has 28 heavy (non-hydrogen) atoms. The van der Waals surface area contributed by atoms with E-state index < -0.39 is 5.97 Å². The van der Waals surface area contributed by atoms with Crippen LogP contribution >= 0.6 is 11.6 Å². The molecule has 2 aromatic carbocycles. The van der Waals surface area contributed by atoms with Crippen LogP contribution in [0.5, 0.6) is 0 Å². The number of benzene rings is 2. The molecule has 0 aliphatic carbocycles. The molecule has 0 saturated heterocycles. The zero-order chi connectivity index (χ0) is 19.9. The Balaban J connectivity index is 1.52. The molecule has 0 aliphatic rings. The van der Waals surface area contributed by atoms with Gasteiger partial charge in [-0.1, -0.05) is 41.9 Å². The second-order valence-electron chi connectivity index (χ2n) is 7.04. The van der Waals surface area contributed by atoms with Gasteiger partial charge in [0.25, 0.3) is 0 Å². The first kappa shape index (κ1) is 20.4. The maximum atomic E-state index is 11.3. The molecule has 3 aromatic rings. The van der Waals surface area contributed by atoms with Crippen LogP contribution in [-0.4, -0.2) is 35.2 Å². The summed E-state index contributed by atoms with van der Waals surface area (Å²) in [7, 11) is 0. The number of halogens is 1. The number of fused-ring (bicyclic) bond motifs is 1. The minimum Gasteiger partial charge on any atom is -0.481 e. The fraction of sp³-hybridized carbons (Fsp3) is 0.318. The normalized spacial score (nSPS) is 13.5. The molecule has 2 atom stereocenters. The van der Waals surface area contributed by atoms with Crippen LogP contribution in [0.2, 0.25) is 5.02 Å².